The van der Waals surface area contributed by atoms with Gasteiger partial charge in [0.1, 0.15) is 11.5 Å². The molecule has 352 valence electrons. The number of aromatic nitrogens is 1. The predicted molar refractivity (Wildman–Crippen MR) is 310 cm³/mol. The molecule has 1 aromatic heterocycles. The minimum Gasteiger partial charge on any atom is -0.461 e. The summed E-state index contributed by atoms with van der Waals surface area (Å²) in [6, 6.07) is 96.1. The van der Waals surface area contributed by atoms with Gasteiger partial charge >= 0.3 is 0 Å². The first kappa shape index (κ1) is 43.1. The van der Waals surface area contributed by atoms with Crippen molar-refractivity contribution < 1.29 is 4.74 Å². The summed E-state index contributed by atoms with van der Waals surface area (Å²) in [7, 11) is 0. The average Bonchev–Trinajstić information content (AvgIpc) is 4.26. The highest BCUT2D eigenvalue weighted by molar-refractivity contribution is 6.10. The van der Waals surface area contributed by atoms with Gasteiger partial charge in [0.15, 0.2) is 0 Å². The molecule has 0 fully saturated rings. The lowest BCUT2D eigenvalue weighted by molar-refractivity contribution is 0.446. The second-order valence-corrected chi connectivity index (χ2v) is 20.2. The van der Waals surface area contributed by atoms with Crippen molar-refractivity contribution in [3.05, 3.63) is 324 Å². The zero-order chi connectivity index (χ0) is 49.5. The van der Waals surface area contributed by atoms with E-state index in [1.54, 1.807) is 0 Å². The molecule has 0 amide bonds. The molecule has 2 aliphatic carbocycles. The highest BCUT2D eigenvalue weighted by Gasteiger charge is 2.52. The van der Waals surface area contributed by atoms with Crippen LogP contribution in [-0.4, -0.2) is 4.57 Å². The summed E-state index contributed by atoms with van der Waals surface area (Å²) in [5.74, 6) is 1.80. The van der Waals surface area contributed by atoms with Crippen LogP contribution in [0.2, 0.25) is 0 Å². The largest absolute Gasteiger partial charge is 0.461 e. The van der Waals surface area contributed by atoms with E-state index in [9.17, 15) is 0 Å². The summed E-state index contributed by atoms with van der Waals surface area (Å²) < 4.78 is 8.98. The second kappa shape index (κ2) is 17.3. The fraction of sp³-hybridized carbons (Fsp3) is 0.0411. The molecule has 3 aliphatic rings. The smallest absolute Gasteiger partial charge is 0.130 e. The van der Waals surface area contributed by atoms with Crippen LogP contribution in [0, 0.1) is 0 Å². The first-order chi connectivity index (χ1) is 37.2. The Morgan fingerprint density at radius 2 is 0.973 bits per heavy atom. The van der Waals surface area contributed by atoms with Crippen LogP contribution in [0.5, 0.6) is 5.75 Å². The fourth-order valence-corrected chi connectivity index (χ4v) is 13.0. The van der Waals surface area contributed by atoms with E-state index in [1.807, 2.05) is 0 Å². The van der Waals surface area contributed by atoms with E-state index in [2.05, 4.69) is 284 Å². The fourth-order valence-electron chi connectivity index (χ4n) is 13.0. The number of benzene rings is 11. The summed E-state index contributed by atoms with van der Waals surface area (Å²) in [4.78, 5) is 0. The van der Waals surface area contributed by atoms with Crippen molar-refractivity contribution >= 4 is 21.8 Å². The molecule has 2 nitrogen and oxygen atoms in total. The van der Waals surface area contributed by atoms with Crippen LogP contribution in [0.25, 0.3) is 83.1 Å². The number of hydrogen-bond donors (Lipinski definition) is 0. The Balaban J connectivity index is 0.807. The molecule has 0 saturated heterocycles. The quantitative estimate of drug-likeness (QED) is 0.148. The molecule has 2 heterocycles. The molecule has 15 rings (SSSR count). The summed E-state index contributed by atoms with van der Waals surface area (Å²) in [6.07, 6.45) is 7.48. The summed E-state index contributed by atoms with van der Waals surface area (Å²) in [5.41, 5.74) is 24.7. The monoisotopic (exact) mass is 955 g/mol. The Kier molecular flexibility index (Phi) is 9.96. The summed E-state index contributed by atoms with van der Waals surface area (Å²) in [6.45, 7) is 0. The van der Waals surface area contributed by atoms with Crippen LogP contribution in [0.1, 0.15) is 44.9 Å². The molecule has 1 atom stereocenters. The Morgan fingerprint density at radius 3 is 1.75 bits per heavy atom. The lowest BCUT2D eigenvalue weighted by Gasteiger charge is -2.30. The molecule has 1 unspecified atom stereocenters. The van der Waals surface area contributed by atoms with Crippen molar-refractivity contribution in [3.63, 3.8) is 0 Å². The molecular formula is C73H49NO. The van der Waals surface area contributed by atoms with E-state index in [4.69, 9.17) is 4.74 Å². The Bertz CT molecular complexity index is 4240. The van der Waals surface area contributed by atoms with Gasteiger partial charge in [-0.2, -0.15) is 0 Å². The zero-order valence-electron chi connectivity index (χ0n) is 41.2. The third-order valence-corrected chi connectivity index (χ3v) is 16.3. The molecule has 75 heavy (non-hydrogen) atoms. The van der Waals surface area contributed by atoms with Gasteiger partial charge in [-0.3, -0.25) is 0 Å². The van der Waals surface area contributed by atoms with Gasteiger partial charge in [0, 0.05) is 34.4 Å². The van der Waals surface area contributed by atoms with E-state index in [0.717, 1.165) is 23.6 Å². The third kappa shape index (κ3) is 6.73. The zero-order valence-corrected chi connectivity index (χ0v) is 41.2. The van der Waals surface area contributed by atoms with Crippen LogP contribution < -0.4 is 4.74 Å². The van der Waals surface area contributed by atoms with E-state index in [-0.39, 0.29) is 5.92 Å². The maximum atomic E-state index is 6.62. The van der Waals surface area contributed by atoms with Crippen LogP contribution in [0.3, 0.4) is 0 Å². The lowest BCUT2D eigenvalue weighted by atomic mass is 9.70. The molecule has 11 aromatic carbocycles. The van der Waals surface area contributed by atoms with Crippen LogP contribution >= 0.6 is 0 Å². The SMILES string of the molecule is C(=C\C(c1ccc(-c2ccccc2)cc1)c1ccccc1-c1cccc2c1-c1ccccc1C21c2ccccc2-c2ccccc21)/C=C1\Cc2cc(-c3ccc4c(c3)c3ccccc3n4-c3ccccc3)ccc2O1. The van der Waals surface area contributed by atoms with E-state index in [1.165, 1.54) is 116 Å². The van der Waals surface area contributed by atoms with Crippen molar-refractivity contribution in [2.75, 3.05) is 0 Å². The van der Waals surface area contributed by atoms with Crippen LogP contribution in [0.4, 0.5) is 0 Å². The first-order valence-electron chi connectivity index (χ1n) is 26.2. The molecule has 0 radical (unpaired) electrons. The molecule has 2 heteroatoms. The Labute approximate surface area is 437 Å². The molecule has 0 N–H and O–H groups in total. The van der Waals surface area contributed by atoms with E-state index in [0.29, 0.717) is 0 Å². The number of hydrogen-bond acceptors (Lipinski definition) is 1. The number of ether oxygens (including phenoxy) is 1. The highest BCUT2D eigenvalue weighted by atomic mass is 16.5. The van der Waals surface area contributed by atoms with Gasteiger partial charge < -0.3 is 9.30 Å². The Morgan fingerprint density at radius 1 is 0.413 bits per heavy atom. The normalized spacial score (nSPS) is 14.5. The number of rotatable bonds is 8. The van der Waals surface area contributed by atoms with Crippen molar-refractivity contribution in [1.82, 2.24) is 4.57 Å². The number of para-hydroxylation sites is 2. The number of nitrogens with zero attached hydrogens (tertiary/aromatic N) is 1. The predicted octanol–water partition coefficient (Wildman–Crippen LogP) is 18.3. The first-order valence-corrected chi connectivity index (χ1v) is 26.2. The topological polar surface area (TPSA) is 14.2 Å². The van der Waals surface area contributed by atoms with Gasteiger partial charge in [-0.15, -0.1) is 0 Å². The number of fused-ring (bicyclic) bond motifs is 14. The lowest BCUT2D eigenvalue weighted by Crippen LogP contribution is -2.25. The number of allylic oxidation sites excluding steroid dienone is 4. The molecule has 1 aliphatic heterocycles. The van der Waals surface area contributed by atoms with Crippen molar-refractivity contribution in [2.24, 2.45) is 0 Å². The molecule has 0 bridgehead atoms. The third-order valence-electron chi connectivity index (χ3n) is 16.3. The van der Waals surface area contributed by atoms with Gasteiger partial charge in [0.2, 0.25) is 0 Å². The van der Waals surface area contributed by atoms with Gasteiger partial charge in [-0.1, -0.05) is 231 Å². The maximum absolute atomic E-state index is 6.62. The Hall–Kier alpha value is -9.50. The highest BCUT2D eigenvalue weighted by Crippen LogP contribution is 2.64. The molecule has 12 aromatic rings. The summed E-state index contributed by atoms with van der Waals surface area (Å²) >= 11 is 0. The van der Waals surface area contributed by atoms with Crippen molar-refractivity contribution in [2.45, 2.75) is 17.8 Å². The van der Waals surface area contributed by atoms with Gasteiger partial charge in [0.25, 0.3) is 0 Å². The van der Waals surface area contributed by atoms with Crippen LogP contribution in [0.15, 0.2) is 285 Å². The minimum atomic E-state index is -0.416. The second-order valence-electron chi connectivity index (χ2n) is 20.2. The van der Waals surface area contributed by atoms with E-state index < -0.39 is 5.41 Å². The minimum absolute atomic E-state index is 0.0598. The standard InChI is InChI=1S/C73H49NO/c1-3-19-48(20-4-1)49-37-39-50(40-38-49)56(30-17-23-55-46-53-45-51(42-44-71(53)75-55)52-41-43-70-64(47-52)61-28-12-16-36-69(61)74(70)54-21-5-2-6-22-54)57-24-7-8-25-58(57)62-31-18-35-68-72(62)63-29-11-15-34-67(63)73(68)65-32-13-9-26-59(65)60-27-10-14-33-66(60)73/h1-45,47,56H,46H2/b30-17+,55-23+. The molecule has 1 spiro atoms. The maximum Gasteiger partial charge on any atom is 0.130 e. The van der Waals surface area contributed by atoms with E-state index >= 15 is 0 Å². The van der Waals surface area contributed by atoms with Gasteiger partial charge in [0.05, 0.1) is 16.4 Å². The van der Waals surface area contributed by atoms with Crippen molar-refractivity contribution in [1.29, 1.82) is 0 Å². The van der Waals surface area contributed by atoms with Crippen LogP contribution in [-0.2, 0) is 11.8 Å². The molecule has 0 saturated carbocycles. The summed E-state index contributed by atoms with van der Waals surface area (Å²) in [5, 5.41) is 2.50. The van der Waals surface area contributed by atoms with Gasteiger partial charge in [-0.05, 0) is 138 Å². The molecular weight excluding hydrogens is 907 g/mol. The van der Waals surface area contributed by atoms with Crippen molar-refractivity contribution in [3.8, 4) is 67.1 Å². The van der Waals surface area contributed by atoms with Gasteiger partial charge in [-0.25, -0.2) is 0 Å². The average molecular weight is 956 g/mol.